The molecule has 2 heterocycles. The van der Waals surface area contributed by atoms with Crippen molar-refractivity contribution in [3.8, 4) is 0 Å². The standard InChI is InChI=1S/C18H31N3O4S/c1-25-11-5-10-21-15(13-20-9-4-6-16(22)14-20)12-19-18(21)26(23,24)17-7-2-3-8-17/h12,16-17,22H,2-11,13-14H2,1H3/t16-/m0/s1. The van der Waals surface area contributed by atoms with E-state index in [2.05, 4.69) is 9.88 Å². The highest BCUT2D eigenvalue weighted by Gasteiger charge is 2.34. The molecule has 1 aliphatic carbocycles. The first-order chi connectivity index (χ1) is 12.5. The monoisotopic (exact) mass is 385 g/mol. The Kier molecular flexibility index (Phi) is 6.71. The lowest BCUT2D eigenvalue weighted by molar-refractivity contribution is 0.0654. The molecule has 1 atom stereocenters. The molecule has 1 saturated heterocycles. The first kappa shape index (κ1) is 19.8. The minimum atomic E-state index is -3.39. The number of likely N-dealkylation sites (tertiary alicyclic amines) is 1. The van der Waals surface area contributed by atoms with Gasteiger partial charge in [0.05, 0.1) is 23.2 Å². The molecule has 3 rings (SSSR count). The number of methoxy groups -OCH3 is 1. The van der Waals surface area contributed by atoms with E-state index in [9.17, 15) is 13.5 Å². The van der Waals surface area contributed by atoms with E-state index in [0.29, 0.717) is 26.2 Å². The first-order valence-corrected chi connectivity index (χ1v) is 11.2. The summed E-state index contributed by atoms with van der Waals surface area (Å²) in [7, 11) is -1.74. The van der Waals surface area contributed by atoms with Crippen LogP contribution in [-0.2, 0) is 27.7 Å². The van der Waals surface area contributed by atoms with Crippen molar-refractivity contribution < 1.29 is 18.3 Å². The number of nitrogens with zero attached hydrogens (tertiary/aromatic N) is 3. The van der Waals surface area contributed by atoms with Gasteiger partial charge in [0.25, 0.3) is 0 Å². The van der Waals surface area contributed by atoms with Crippen molar-refractivity contribution in [3.63, 3.8) is 0 Å². The minimum absolute atomic E-state index is 0.216. The Bertz CT molecular complexity index is 683. The number of imidazole rings is 1. The average Bonchev–Trinajstić information content (AvgIpc) is 3.26. The van der Waals surface area contributed by atoms with Gasteiger partial charge in [-0.25, -0.2) is 13.4 Å². The van der Waals surface area contributed by atoms with Crippen LogP contribution in [0.2, 0.25) is 0 Å². The molecule has 1 aromatic heterocycles. The van der Waals surface area contributed by atoms with Gasteiger partial charge in [-0.05, 0) is 38.6 Å². The normalized spacial score (nSPS) is 22.9. The third-order valence-corrected chi connectivity index (χ3v) is 7.68. The maximum Gasteiger partial charge on any atom is 0.228 e. The molecule has 1 aliphatic heterocycles. The molecule has 0 unspecified atom stereocenters. The molecule has 0 amide bonds. The van der Waals surface area contributed by atoms with Crippen LogP contribution in [-0.4, -0.2) is 66.1 Å². The smallest absolute Gasteiger partial charge is 0.228 e. The van der Waals surface area contributed by atoms with Gasteiger partial charge < -0.3 is 14.4 Å². The van der Waals surface area contributed by atoms with E-state index in [1.807, 2.05) is 4.57 Å². The quantitative estimate of drug-likeness (QED) is 0.684. The van der Waals surface area contributed by atoms with Crippen LogP contribution in [0.1, 0.15) is 50.6 Å². The van der Waals surface area contributed by atoms with Crippen LogP contribution < -0.4 is 0 Å². The highest BCUT2D eigenvalue weighted by molar-refractivity contribution is 7.91. The number of hydrogen-bond acceptors (Lipinski definition) is 6. The third-order valence-electron chi connectivity index (χ3n) is 5.49. The maximum absolute atomic E-state index is 13.1. The molecule has 2 aliphatic rings. The van der Waals surface area contributed by atoms with Crippen molar-refractivity contribution in [3.05, 3.63) is 11.9 Å². The number of aromatic nitrogens is 2. The number of rotatable bonds is 8. The Hall–Kier alpha value is -0.960. The van der Waals surface area contributed by atoms with Crippen molar-refractivity contribution in [2.45, 2.75) is 74.5 Å². The number of β-amino-alcohol motifs (C(OH)–C–C–N with tert-alkyl or cyclic N) is 1. The fraction of sp³-hybridized carbons (Fsp3) is 0.833. The van der Waals surface area contributed by atoms with Crippen LogP contribution in [0.25, 0.3) is 0 Å². The minimum Gasteiger partial charge on any atom is -0.392 e. The summed E-state index contributed by atoms with van der Waals surface area (Å²) in [6.07, 6.45) is 7.39. The van der Waals surface area contributed by atoms with E-state index >= 15 is 0 Å². The molecule has 26 heavy (non-hydrogen) atoms. The second kappa shape index (κ2) is 8.82. The van der Waals surface area contributed by atoms with Gasteiger partial charge in [-0.2, -0.15) is 0 Å². The molecule has 0 radical (unpaired) electrons. The van der Waals surface area contributed by atoms with Crippen LogP contribution in [0.15, 0.2) is 11.4 Å². The number of hydrogen-bond donors (Lipinski definition) is 1. The summed E-state index contributed by atoms with van der Waals surface area (Å²) in [5.41, 5.74) is 0.909. The van der Waals surface area contributed by atoms with Crippen molar-refractivity contribution in [2.24, 2.45) is 0 Å². The van der Waals surface area contributed by atoms with E-state index in [1.54, 1.807) is 13.3 Å². The second-order valence-corrected chi connectivity index (χ2v) is 9.63. The van der Waals surface area contributed by atoms with Crippen molar-refractivity contribution in [1.82, 2.24) is 14.5 Å². The summed E-state index contributed by atoms with van der Waals surface area (Å²) in [6.45, 7) is 3.35. The third kappa shape index (κ3) is 4.47. The van der Waals surface area contributed by atoms with Gasteiger partial charge in [0.15, 0.2) is 0 Å². The Morgan fingerprint density at radius 2 is 2.04 bits per heavy atom. The number of ether oxygens (including phenoxy) is 1. The lowest BCUT2D eigenvalue weighted by Gasteiger charge is -2.30. The number of sulfone groups is 1. The summed E-state index contributed by atoms with van der Waals surface area (Å²) >= 11 is 0. The average molecular weight is 386 g/mol. The second-order valence-electron chi connectivity index (χ2n) is 7.51. The number of piperidine rings is 1. The fourth-order valence-electron chi connectivity index (χ4n) is 4.10. The zero-order valence-corrected chi connectivity index (χ0v) is 16.5. The Balaban J connectivity index is 1.83. The molecule has 8 heteroatoms. The molecule has 7 nitrogen and oxygen atoms in total. The van der Waals surface area contributed by atoms with Gasteiger partial charge in [-0.3, -0.25) is 4.90 Å². The van der Waals surface area contributed by atoms with Crippen LogP contribution in [0, 0.1) is 0 Å². The maximum atomic E-state index is 13.1. The molecule has 2 fully saturated rings. The predicted molar refractivity (Wildman–Crippen MR) is 98.7 cm³/mol. The van der Waals surface area contributed by atoms with Gasteiger partial charge in [0.1, 0.15) is 0 Å². The highest BCUT2D eigenvalue weighted by atomic mass is 32.2. The number of aliphatic hydroxyl groups is 1. The van der Waals surface area contributed by atoms with E-state index in [4.69, 9.17) is 4.74 Å². The van der Waals surface area contributed by atoms with Crippen molar-refractivity contribution in [1.29, 1.82) is 0 Å². The van der Waals surface area contributed by atoms with Crippen LogP contribution in [0.3, 0.4) is 0 Å². The van der Waals surface area contributed by atoms with Gasteiger partial charge >= 0.3 is 0 Å². The van der Waals surface area contributed by atoms with E-state index < -0.39 is 9.84 Å². The summed E-state index contributed by atoms with van der Waals surface area (Å²) in [5, 5.41) is 9.82. The van der Waals surface area contributed by atoms with E-state index in [0.717, 1.165) is 57.2 Å². The topological polar surface area (TPSA) is 84.7 Å². The van der Waals surface area contributed by atoms with E-state index in [1.165, 1.54) is 0 Å². The zero-order chi connectivity index (χ0) is 18.6. The van der Waals surface area contributed by atoms with E-state index in [-0.39, 0.29) is 16.5 Å². The fourth-order valence-corrected chi connectivity index (χ4v) is 6.07. The zero-order valence-electron chi connectivity index (χ0n) is 15.6. The Labute approximate surface area is 156 Å². The molecule has 0 spiro atoms. The summed E-state index contributed by atoms with van der Waals surface area (Å²) in [4.78, 5) is 6.53. The first-order valence-electron chi connectivity index (χ1n) is 9.70. The summed E-state index contributed by atoms with van der Waals surface area (Å²) in [5.74, 6) is 0. The van der Waals surface area contributed by atoms with Gasteiger partial charge in [-0.1, -0.05) is 12.8 Å². The van der Waals surface area contributed by atoms with Gasteiger partial charge in [-0.15, -0.1) is 0 Å². The van der Waals surface area contributed by atoms with Crippen molar-refractivity contribution >= 4 is 9.84 Å². The Morgan fingerprint density at radius 3 is 2.73 bits per heavy atom. The largest absolute Gasteiger partial charge is 0.392 e. The van der Waals surface area contributed by atoms with Gasteiger partial charge in [0, 0.05) is 33.4 Å². The van der Waals surface area contributed by atoms with Crippen molar-refractivity contribution in [2.75, 3.05) is 26.8 Å². The lowest BCUT2D eigenvalue weighted by Crippen LogP contribution is -2.38. The Morgan fingerprint density at radius 1 is 1.27 bits per heavy atom. The molecule has 0 aromatic carbocycles. The molecular weight excluding hydrogens is 354 g/mol. The summed E-state index contributed by atoms with van der Waals surface area (Å²) in [6, 6.07) is 0. The SMILES string of the molecule is COCCCn1c(CN2CCC[C@H](O)C2)cnc1S(=O)(=O)C1CCCC1. The predicted octanol–water partition coefficient (Wildman–Crippen LogP) is 1.59. The summed E-state index contributed by atoms with van der Waals surface area (Å²) < 4.78 is 33.2. The van der Waals surface area contributed by atoms with Crippen LogP contribution in [0.5, 0.6) is 0 Å². The molecular formula is C18H31N3O4S. The highest BCUT2D eigenvalue weighted by Crippen LogP contribution is 2.30. The molecule has 1 N–H and O–H groups in total. The molecule has 0 bridgehead atoms. The van der Waals surface area contributed by atoms with Crippen LogP contribution >= 0.6 is 0 Å². The number of aliphatic hydroxyl groups excluding tert-OH is 1. The van der Waals surface area contributed by atoms with Gasteiger partial charge in [0.2, 0.25) is 15.0 Å². The molecule has 1 saturated carbocycles. The van der Waals surface area contributed by atoms with Crippen LogP contribution in [0.4, 0.5) is 0 Å². The molecule has 1 aromatic rings. The lowest BCUT2D eigenvalue weighted by atomic mass is 10.1. The molecule has 148 valence electrons.